The number of hydrogen-bond acceptors (Lipinski definition) is 6. The van der Waals surface area contributed by atoms with Gasteiger partial charge < -0.3 is 20.5 Å². The number of ether oxygens (including phenoxy) is 2. The number of halogens is 2. The predicted octanol–water partition coefficient (Wildman–Crippen LogP) is 0.610. The van der Waals surface area contributed by atoms with Crippen molar-refractivity contribution in [3.63, 3.8) is 0 Å². The van der Waals surface area contributed by atoms with Crippen LogP contribution in [0.1, 0.15) is 25.8 Å². The maximum absolute atomic E-state index is 13.3. The lowest BCUT2D eigenvalue weighted by molar-refractivity contribution is -0.157. The topological polar surface area (TPSA) is 125 Å². The van der Waals surface area contributed by atoms with Gasteiger partial charge in [-0.2, -0.15) is 0 Å². The number of esters is 2. The monoisotopic (exact) mass is 400 g/mol. The largest absolute Gasteiger partial charge is 0.466 e. The lowest BCUT2D eigenvalue weighted by Gasteiger charge is -2.23. The van der Waals surface area contributed by atoms with E-state index in [1.54, 1.807) is 6.92 Å². The average molecular weight is 400 g/mol. The molecule has 1 aromatic carbocycles. The van der Waals surface area contributed by atoms with E-state index in [4.69, 9.17) is 15.2 Å². The zero-order chi connectivity index (χ0) is 21.3. The predicted molar refractivity (Wildman–Crippen MR) is 92.6 cm³/mol. The molecule has 0 heterocycles. The SMILES string of the molecule is CCOC(=O)C[C@@H](C(=O)OCC)[C@@H](NC(=O)Cc1ccc(F)c(F)c1)C(N)=O. The summed E-state index contributed by atoms with van der Waals surface area (Å²) in [6.45, 7) is 3.12. The van der Waals surface area contributed by atoms with Gasteiger partial charge in [0.25, 0.3) is 0 Å². The van der Waals surface area contributed by atoms with Gasteiger partial charge in [0, 0.05) is 0 Å². The standard InChI is InChI=1S/C18H22F2N2O6/c1-3-27-15(24)9-11(18(26)28-4-2)16(17(21)25)22-14(23)8-10-5-6-12(19)13(20)7-10/h5-7,11,16H,3-4,8-9H2,1-2H3,(H2,21,25)(H,22,23)/t11-,16-/m1/s1. The highest BCUT2D eigenvalue weighted by Crippen LogP contribution is 2.15. The Labute approximate surface area is 160 Å². The van der Waals surface area contributed by atoms with Crippen LogP contribution in [0.15, 0.2) is 18.2 Å². The molecule has 28 heavy (non-hydrogen) atoms. The van der Waals surface area contributed by atoms with Gasteiger partial charge in [-0.25, -0.2) is 8.78 Å². The molecular weight excluding hydrogens is 378 g/mol. The van der Waals surface area contributed by atoms with Crippen molar-refractivity contribution in [2.45, 2.75) is 32.7 Å². The Hall–Kier alpha value is -3.04. The molecule has 3 N–H and O–H groups in total. The van der Waals surface area contributed by atoms with Gasteiger partial charge in [-0.3, -0.25) is 19.2 Å². The Balaban J connectivity index is 2.96. The highest BCUT2D eigenvalue weighted by molar-refractivity contribution is 5.93. The second-order valence-electron chi connectivity index (χ2n) is 5.74. The molecule has 2 amide bonds. The molecule has 0 aliphatic rings. The summed E-state index contributed by atoms with van der Waals surface area (Å²) in [6.07, 6.45) is -0.943. The molecule has 0 aliphatic heterocycles. The van der Waals surface area contributed by atoms with Crippen LogP contribution in [-0.4, -0.2) is 43.0 Å². The number of hydrogen-bond donors (Lipinski definition) is 2. The van der Waals surface area contributed by atoms with E-state index in [0.29, 0.717) is 0 Å². The van der Waals surface area contributed by atoms with Crippen molar-refractivity contribution in [2.75, 3.05) is 13.2 Å². The summed E-state index contributed by atoms with van der Waals surface area (Å²) in [5.41, 5.74) is 5.42. The first-order valence-electron chi connectivity index (χ1n) is 8.54. The molecule has 8 nitrogen and oxygen atoms in total. The Morgan fingerprint density at radius 1 is 1.07 bits per heavy atom. The minimum atomic E-state index is -1.55. The van der Waals surface area contributed by atoms with Crippen molar-refractivity contribution in [1.82, 2.24) is 5.32 Å². The second-order valence-corrected chi connectivity index (χ2v) is 5.74. The summed E-state index contributed by atoms with van der Waals surface area (Å²) in [7, 11) is 0. The number of benzene rings is 1. The minimum Gasteiger partial charge on any atom is -0.466 e. The van der Waals surface area contributed by atoms with Crippen molar-refractivity contribution in [3.05, 3.63) is 35.4 Å². The van der Waals surface area contributed by atoms with E-state index in [-0.39, 0.29) is 18.8 Å². The first-order chi connectivity index (χ1) is 13.2. The number of nitrogens with one attached hydrogen (secondary N) is 1. The third-order valence-corrected chi connectivity index (χ3v) is 3.66. The van der Waals surface area contributed by atoms with E-state index in [2.05, 4.69) is 5.32 Å². The molecule has 0 unspecified atom stereocenters. The number of amides is 2. The van der Waals surface area contributed by atoms with Crippen LogP contribution in [0.4, 0.5) is 8.78 Å². The second kappa shape index (κ2) is 11.0. The van der Waals surface area contributed by atoms with Gasteiger partial charge in [-0.1, -0.05) is 6.07 Å². The summed E-state index contributed by atoms with van der Waals surface area (Å²) in [5, 5.41) is 2.25. The molecule has 0 spiro atoms. The Morgan fingerprint density at radius 2 is 1.71 bits per heavy atom. The molecule has 0 radical (unpaired) electrons. The smallest absolute Gasteiger partial charge is 0.312 e. The van der Waals surface area contributed by atoms with Gasteiger partial charge in [0.1, 0.15) is 6.04 Å². The summed E-state index contributed by atoms with van der Waals surface area (Å²) in [5.74, 6) is -7.15. The third kappa shape index (κ3) is 6.93. The number of nitrogens with two attached hydrogens (primary N) is 1. The molecule has 1 aromatic rings. The quantitative estimate of drug-likeness (QED) is 0.555. The summed E-state index contributed by atoms with van der Waals surface area (Å²) in [6, 6.07) is 1.32. The van der Waals surface area contributed by atoms with Crippen molar-refractivity contribution >= 4 is 23.8 Å². The van der Waals surface area contributed by atoms with Crippen LogP contribution in [0, 0.1) is 17.6 Å². The molecule has 10 heteroatoms. The minimum absolute atomic E-state index is 0.0214. The van der Waals surface area contributed by atoms with Gasteiger partial charge in [-0.05, 0) is 31.5 Å². The molecule has 154 valence electrons. The zero-order valence-corrected chi connectivity index (χ0v) is 15.5. The number of primary amides is 1. The van der Waals surface area contributed by atoms with Crippen molar-refractivity contribution < 1.29 is 37.4 Å². The first-order valence-corrected chi connectivity index (χ1v) is 8.54. The van der Waals surface area contributed by atoms with Gasteiger partial charge >= 0.3 is 11.9 Å². The van der Waals surface area contributed by atoms with Gasteiger partial charge in [-0.15, -0.1) is 0 Å². The fourth-order valence-corrected chi connectivity index (χ4v) is 2.42. The number of carbonyl (C=O) groups is 4. The Morgan fingerprint density at radius 3 is 2.25 bits per heavy atom. The van der Waals surface area contributed by atoms with E-state index < -0.39 is 60.2 Å². The lowest BCUT2D eigenvalue weighted by atomic mass is 9.95. The molecule has 0 bridgehead atoms. The van der Waals surface area contributed by atoms with Crippen LogP contribution in [-0.2, 0) is 35.1 Å². The molecule has 0 fully saturated rings. The maximum atomic E-state index is 13.3. The molecular formula is C18H22F2N2O6. The van der Waals surface area contributed by atoms with E-state index in [0.717, 1.165) is 12.1 Å². The van der Waals surface area contributed by atoms with Crippen LogP contribution in [0.5, 0.6) is 0 Å². The third-order valence-electron chi connectivity index (χ3n) is 3.66. The van der Waals surface area contributed by atoms with Crippen LogP contribution in [0.25, 0.3) is 0 Å². The van der Waals surface area contributed by atoms with E-state index in [9.17, 15) is 28.0 Å². The van der Waals surface area contributed by atoms with E-state index in [1.807, 2.05) is 0 Å². The van der Waals surface area contributed by atoms with Gasteiger partial charge in [0.05, 0.1) is 32.0 Å². The van der Waals surface area contributed by atoms with Crippen molar-refractivity contribution in [1.29, 1.82) is 0 Å². The van der Waals surface area contributed by atoms with E-state index >= 15 is 0 Å². The number of carbonyl (C=O) groups excluding carboxylic acids is 4. The van der Waals surface area contributed by atoms with Gasteiger partial charge in [0.15, 0.2) is 11.6 Å². The molecule has 1 rings (SSSR count). The fraction of sp³-hybridized carbons (Fsp3) is 0.444. The molecule has 2 atom stereocenters. The van der Waals surface area contributed by atoms with Crippen molar-refractivity contribution in [2.24, 2.45) is 11.7 Å². The Bertz CT molecular complexity index is 741. The molecule has 0 saturated carbocycles. The fourth-order valence-electron chi connectivity index (χ4n) is 2.42. The molecule has 0 saturated heterocycles. The average Bonchev–Trinajstić information content (AvgIpc) is 2.61. The summed E-state index contributed by atoms with van der Waals surface area (Å²) in [4.78, 5) is 48.0. The van der Waals surface area contributed by atoms with E-state index in [1.165, 1.54) is 13.0 Å². The van der Waals surface area contributed by atoms with Crippen LogP contribution in [0.3, 0.4) is 0 Å². The van der Waals surface area contributed by atoms with Crippen LogP contribution < -0.4 is 11.1 Å². The Kier molecular flexibility index (Phi) is 9.00. The first kappa shape index (κ1) is 23.0. The van der Waals surface area contributed by atoms with Gasteiger partial charge in [0.2, 0.25) is 11.8 Å². The molecule has 0 aliphatic carbocycles. The normalized spacial score (nSPS) is 12.6. The van der Waals surface area contributed by atoms with Crippen molar-refractivity contribution in [3.8, 4) is 0 Å². The highest BCUT2D eigenvalue weighted by atomic mass is 19.2. The van der Waals surface area contributed by atoms with Crippen LogP contribution in [0.2, 0.25) is 0 Å². The van der Waals surface area contributed by atoms with Crippen LogP contribution >= 0.6 is 0 Å². The maximum Gasteiger partial charge on any atom is 0.312 e. The highest BCUT2D eigenvalue weighted by Gasteiger charge is 2.37. The number of rotatable bonds is 10. The summed E-state index contributed by atoms with van der Waals surface area (Å²) >= 11 is 0. The summed E-state index contributed by atoms with van der Waals surface area (Å²) < 4.78 is 35.8. The molecule has 0 aromatic heterocycles. The lowest BCUT2D eigenvalue weighted by Crippen LogP contribution is -2.52. The zero-order valence-electron chi connectivity index (χ0n) is 15.5.